The van der Waals surface area contributed by atoms with Gasteiger partial charge in [-0.3, -0.25) is 4.68 Å². The largest absolute Gasteiger partial charge is 0.316 e. The van der Waals surface area contributed by atoms with E-state index < -0.39 is 0 Å². The third-order valence-electron chi connectivity index (χ3n) is 2.11. The molecular weight excluding hydrogens is 194 g/mol. The number of aromatic nitrogens is 2. The molecule has 0 aliphatic rings. The van der Waals surface area contributed by atoms with Crippen molar-refractivity contribution in [3.63, 3.8) is 0 Å². The molecule has 1 aromatic heterocycles. The average Bonchev–Trinajstić information content (AvgIpc) is 2.58. The molecule has 0 spiro atoms. The Morgan fingerprint density at radius 3 is 3.00 bits per heavy atom. The monoisotopic (exact) mass is 213 g/mol. The molecule has 0 unspecified atom stereocenters. The Morgan fingerprint density at radius 1 is 1.50 bits per heavy atom. The molecule has 0 atom stereocenters. The van der Waals surface area contributed by atoms with Crippen LogP contribution in [0.1, 0.15) is 12.6 Å². The number of hydrogen-bond donors (Lipinski definition) is 1. The van der Waals surface area contributed by atoms with Crippen molar-refractivity contribution in [2.45, 2.75) is 13.3 Å². The van der Waals surface area contributed by atoms with Crippen LogP contribution in [0.15, 0.2) is 12.3 Å². The second-order valence-electron chi connectivity index (χ2n) is 3.14. The summed E-state index contributed by atoms with van der Waals surface area (Å²) in [5, 5.41) is 7.55. The van der Waals surface area contributed by atoms with Crippen LogP contribution in [0.5, 0.6) is 0 Å². The minimum absolute atomic E-state index is 1.05. The van der Waals surface area contributed by atoms with Crippen LogP contribution in [-0.4, -0.2) is 34.4 Å². The van der Waals surface area contributed by atoms with Crippen molar-refractivity contribution in [2.24, 2.45) is 7.05 Å². The molecule has 0 saturated heterocycles. The van der Waals surface area contributed by atoms with Crippen molar-refractivity contribution >= 4 is 11.8 Å². The lowest BCUT2D eigenvalue weighted by molar-refractivity contribution is 0.660. The summed E-state index contributed by atoms with van der Waals surface area (Å²) in [6.07, 6.45) is 2.91. The molecule has 80 valence electrons. The molecule has 4 heteroatoms. The fourth-order valence-corrected chi connectivity index (χ4v) is 1.85. The normalized spacial score (nSPS) is 10.7. The average molecular weight is 213 g/mol. The second-order valence-corrected chi connectivity index (χ2v) is 4.54. The van der Waals surface area contributed by atoms with Gasteiger partial charge in [-0.2, -0.15) is 16.9 Å². The summed E-state index contributed by atoms with van der Waals surface area (Å²) < 4.78 is 1.93. The number of thioether (sulfide) groups is 1. The Balaban J connectivity index is 2.02. The number of nitrogens with one attached hydrogen (secondary N) is 1. The standard InChI is InChI=1S/C10H19N3S/c1-3-14-9-8-11-6-4-10-5-7-12-13(10)2/h5,7,11H,3-4,6,8-9H2,1-2H3. The van der Waals surface area contributed by atoms with E-state index >= 15 is 0 Å². The van der Waals surface area contributed by atoms with Gasteiger partial charge in [0.15, 0.2) is 0 Å². The van der Waals surface area contributed by atoms with E-state index in [0.29, 0.717) is 0 Å². The predicted molar refractivity (Wildman–Crippen MR) is 62.8 cm³/mol. The highest BCUT2D eigenvalue weighted by molar-refractivity contribution is 7.99. The zero-order chi connectivity index (χ0) is 10.2. The van der Waals surface area contributed by atoms with E-state index in [1.807, 2.05) is 29.7 Å². The minimum atomic E-state index is 1.05. The van der Waals surface area contributed by atoms with Crippen molar-refractivity contribution < 1.29 is 0 Å². The van der Waals surface area contributed by atoms with E-state index in [0.717, 1.165) is 19.5 Å². The SMILES string of the molecule is CCSCCNCCc1ccnn1C. The fraction of sp³-hybridized carbons (Fsp3) is 0.700. The van der Waals surface area contributed by atoms with Crippen LogP contribution in [-0.2, 0) is 13.5 Å². The first-order chi connectivity index (χ1) is 6.84. The molecule has 0 aliphatic heterocycles. The molecular formula is C10H19N3S. The van der Waals surface area contributed by atoms with Gasteiger partial charge < -0.3 is 5.32 Å². The Morgan fingerprint density at radius 2 is 2.36 bits per heavy atom. The molecule has 0 amide bonds. The zero-order valence-electron chi connectivity index (χ0n) is 8.99. The highest BCUT2D eigenvalue weighted by Crippen LogP contribution is 1.97. The van der Waals surface area contributed by atoms with E-state index in [1.165, 1.54) is 17.2 Å². The molecule has 1 N–H and O–H groups in total. The molecule has 0 saturated carbocycles. The summed E-state index contributed by atoms with van der Waals surface area (Å²) in [4.78, 5) is 0. The van der Waals surface area contributed by atoms with Gasteiger partial charge in [-0.05, 0) is 11.8 Å². The van der Waals surface area contributed by atoms with Gasteiger partial charge in [0.2, 0.25) is 0 Å². The van der Waals surface area contributed by atoms with Crippen LogP contribution in [0, 0.1) is 0 Å². The van der Waals surface area contributed by atoms with Crippen LogP contribution >= 0.6 is 11.8 Å². The minimum Gasteiger partial charge on any atom is -0.316 e. The molecule has 3 nitrogen and oxygen atoms in total. The van der Waals surface area contributed by atoms with Gasteiger partial charge in [-0.15, -0.1) is 0 Å². The van der Waals surface area contributed by atoms with E-state index in [9.17, 15) is 0 Å². The van der Waals surface area contributed by atoms with Gasteiger partial charge >= 0.3 is 0 Å². The number of hydrogen-bond acceptors (Lipinski definition) is 3. The van der Waals surface area contributed by atoms with Crippen molar-refractivity contribution in [3.8, 4) is 0 Å². The van der Waals surface area contributed by atoms with Crippen LogP contribution in [0.25, 0.3) is 0 Å². The van der Waals surface area contributed by atoms with Gasteiger partial charge in [0.1, 0.15) is 0 Å². The Labute approximate surface area is 90.3 Å². The quantitative estimate of drug-likeness (QED) is 0.693. The van der Waals surface area contributed by atoms with Crippen molar-refractivity contribution in [1.29, 1.82) is 0 Å². The predicted octanol–water partition coefficient (Wildman–Crippen LogP) is 1.31. The van der Waals surface area contributed by atoms with Gasteiger partial charge in [-0.25, -0.2) is 0 Å². The summed E-state index contributed by atoms with van der Waals surface area (Å²) in [5.74, 6) is 2.42. The van der Waals surface area contributed by atoms with E-state index in [2.05, 4.69) is 23.4 Å². The topological polar surface area (TPSA) is 29.9 Å². The molecule has 1 aromatic rings. The van der Waals surface area contributed by atoms with Crippen LogP contribution in [0.3, 0.4) is 0 Å². The van der Waals surface area contributed by atoms with Crippen LogP contribution < -0.4 is 5.32 Å². The Hall–Kier alpha value is -0.480. The fourth-order valence-electron chi connectivity index (χ4n) is 1.28. The van der Waals surface area contributed by atoms with Crippen molar-refractivity contribution in [1.82, 2.24) is 15.1 Å². The number of aryl methyl sites for hydroxylation is 1. The number of rotatable bonds is 7. The summed E-state index contributed by atoms with van der Waals surface area (Å²) in [6.45, 7) is 4.35. The van der Waals surface area contributed by atoms with E-state index in [1.54, 1.807) is 0 Å². The third kappa shape index (κ3) is 4.15. The Bertz CT molecular complexity index is 247. The van der Waals surface area contributed by atoms with Crippen LogP contribution in [0.4, 0.5) is 0 Å². The van der Waals surface area contributed by atoms with Crippen molar-refractivity contribution in [3.05, 3.63) is 18.0 Å². The summed E-state index contributed by atoms with van der Waals surface area (Å²) in [7, 11) is 1.99. The molecule has 0 radical (unpaired) electrons. The maximum absolute atomic E-state index is 4.13. The lowest BCUT2D eigenvalue weighted by atomic mass is 10.3. The molecule has 0 aromatic carbocycles. The van der Waals surface area contributed by atoms with Crippen LogP contribution in [0.2, 0.25) is 0 Å². The lowest BCUT2D eigenvalue weighted by Crippen LogP contribution is -2.21. The van der Waals surface area contributed by atoms with Gasteiger partial charge in [0.05, 0.1) is 0 Å². The molecule has 0 bridgehead atoms. The van der Waals surface area contributed by atoms with Gasteiger partial charge in [0, 0.05) is 44.2 Å². The number of nitrogens with zero attached hydrogens (tertiary/aromatic N) is 2. The van der Waals surface area contributed by atoms with Crippen molar-refractivity contribution in [2.75, 3.05) is 24.6 Å². The Kier molecular flexibility index (Phi) is 5.71. The highest BCUT2D eigenvalue weighted by atomic mass is 32.2. The van der Waals surface area contributed by atoms with E-state index in [4.69, 9.17) is 0 Å². The highest BCUT2D eigenvalue weighted by Gasteiger charge is 1.96. The first-order valence-corrected chi connectivity index (χ1v) is 6.25. The van der Waals surface area contributed by atoms with Gasteiger partial charge in [-0.1, -0.05) is 6.92 Å². The lowest BCUT2D eigenvalue weighted by Gasteiger charge is -2.04. The molecule has 1 heterocycles. The molecule has 0 aliphatic carbocycles. The second kappa shape index (κ2) is 6.90. The molecule has 14 heavy (non-hydrogen) atoms. The van der Waals surface area contributed by atoms with Gasteiger partial charge in [0.25, 0.3) is 0 Å². The third-order valence-corrected chi connectivity index (χ3v) is 3.01. The van der Waals surface area contributed by atoms with E-state index in [-0.39, 0.29) is 0 Å². The maximum atomic E-state index is 4.13. The summed E-state index contributed by atoms with van der Waals surface area (Å²) in [5.41, 5.74) is 1.29. The molecule has 0 fully saturated rings. The summed E-state index contributed by atoms with van der Waals surface area (Å²) >= 11 is 1.98. The zero-order valence-corrected chi connectivity index (χ0v) is 9.81. The summed E-state index contributed by atoms with van der Waals surface area (Å²) in [6, 6.07) is 2.07. The first kappa shape index (κ1) is 11.6. The first-order valence-electron chi connectivity index (χ1n) is 5.10. The maximum Gasteiger partial charge on any atom is 0.0492 e. The smallest absolute Gasteiger partial charge is 0.0492 e. The molecule has 1 rings (SSSR count).